The average Bonchev–Trinajstić information content (AvgIpc) is 2.44. The second kappa shape index (κ2) is 6.74. The minimum absolute atomic E-state index is 0.0570. The van der Waals surface area contributed by atoms with Crippen molar-refractivity contribution in [3.63, 3.8) is 0 Å². The van der Waals surface area contributed by atoms with Crippen molar-refractivity contribution in [3.8, 4) is 11.1 Å². The van der Waals surface area contributed by atoms with Gasteiger partial charge in [0.05, 0.1) is 18.7 Å². The van der Waals surface area contributed by atoms with Crippen molar-refractivity contribution < 1.29 is 4.74 Å². The Hall–Kier alpha value is -1.85. The first-order valence-electron chi connectivity index (χ1n) is 6.72. The van der Waals surface area contributed by atoms with E-state index in [0.717, 1.165) is 10.1 Å². The van der Waals surface area contributed by atoms with Crippen molar-refractivity contribution in [1.82, 2.24) is 9.55 Å². The highest BCUT2D eigenvalue weighted by Crippen LogP contribution is 2.21. The third-order valence-corrected chi connectivity index (χ3v) is 3.43. The van der Waals surface area contributed by atoms with Crippen LogP contribution >= 0.6 is 11.6 Å². The van der Waals surface area contributed by atoms with Crippen LogP contribution in [0.1, 0.15) is 12.5 Å². The topological polar surface area (TPSA) is 64.1 Å². The Morgan fingerprint density at radius 1 is 1.24 bits per heavy atom. The molecule has 0 bridgehead atoms. The zero-order valence-corrected chi connectivity index (χ0v) is 12.7. The van der Waals surface area contributed by atoms with Crippen molar-refractivity contribution in [2.75, 3.05) is 13.2 Å². The highest BCUT2D eigenvalue weighted by molar-refractivity contribution is 6.32. The predicted octanol–water partition coefficient (Wildman–Crippen LogP) is 2.20. The third kappa shape index (κ3) is 3.43. The van der Waals surface area contributed by atoms with E-state index in [1.54, 1.807) is 0 Å². The van der Waals surface area contributed by atoms with Gasteiger partial charge >= 0.3 is 5.69 Å². The highest BCUT2D eigenvalue weighted by atomic mass is 35.5. The number of rotatable bonds is 5. The Morgan fingerprint density at radius 2 is 1.90 bits per heavy atom. The second-order valence-electron chi connectivity index (χ2n) is 4.64. The normalized spacial score (nSPS) is 10.8. The Bertz CT molecular complexity index is 732. The minimum atomic E-state index is -0.527. The molecule has 1 N–H and O–H groups in total. The first-order valence-corrected chi connectivity index (χ1v) is 7.09. The first kappa shape index (κ1) is 15.5. The van der Waals surface area contributed by atoms with Crippen LogP contribution in [0.3, 0.4) is 0 Å². The van der Waals surface area contributed by atoms with E-state index in [9.17, 15) is 9.59 Å². The van der Waals surface area contributed by atoms with Crippen LogP contribution in [0, 0.1) is 6.92 Å². The fraction of sp³-hybridized carbons (Fsp3) is 0.333. The standard InChI is InChI=1S/C15H17ClN2O3/c1-3-21-9-8-18-14(19)12(13(16)17-15(18)20)11-6-4-10(2)5-7-11/h4-7H,3,8-9H2,1-2H3,(H,17,20). The summed E-state index contributed by atoms with van der Waals surface area (Å²) in [7, 11) is 0. The van der Waals surface area contributed by atoms with Gasteiger partial charge in [-0.05, 0) is 19.4 Å². The number of nitrogens with zero attached hydrogens (tertiary/aromatic N) is 1. The molecule has 5 nitrogen and oxygen atoms in total. The highest BCUT2D eigenvalue weighted by Gasteiger charge is 2.14. The molecular weight excluding hydrogens is 292 g/mol. The molecule has 0 spiro atoms. The number of aromatic nitrogens is 2. The summed E-state index contributed by atoms with van der Waals surface area (Å²) < 4.78 is 6.30. The fourth-order valence-electron chi connectivity index (χ4n) is 2.02. The molecule has 21 heavy (non-hydrogen) atoms. The molecule has 0 fully saturated rings. The molecule has 2 aromatic rings. The molecule has 0 aliphatic rings. The summed E-state index contributed by atoms with van der Waals surface area (Å²) in [4.78, 5) is 26.9. The average molecular weight is 309 g/mol. The number of hydrogen-bond donors (Lipinski definition) is 1. The number of hydrogen-bond acceptors (Lipinski definition) is 3. The molecule has 1 aromatic carbocycles. The molecule has 6 heteroatoms. The Kier molecular flexibility index (Phi) is 4.98. The smallest absolute Gasteiger partial charge is 0.329 e. The van der Waals surface area contributed by atoms with Crippen LogP contribution in [0.4, 0.5) is 0 Å². The lowest BCUT2D eigenvalue weighted by molar-refractivity contribution is 0.137. The van der Waals surface area contributed by atoms with E-state index in [4.69, 9.17) is 16.3 Å². The summed E-state index contributed by atoms with van der Waals surface area (Å²) in [6, 6.07) is 7.40. The van der Waals surface area contributed by atoms with Gasteiger partial charge in [-0.2, -0.15) is 0 Å². The Morgan fingerprint density at radius 3 is 2.52 bits per heavy atom. The van der Waals surface area contributed by atoms with E-state index in [1.807, 2.05) is 38.1 Å². The van der Waals surface area contributed by atoms with Gasteiger partial charge in [-0.25, -0.2) is 4.79 Å². The van der Waals surface area contributed by atoms with Gasteiger partial charge in [-0.1, -0.05) is 41.4 Å². The number of halogens is 1. The van der Waals surface area contributed by atoms with E-state index < -0.39 is 11.2 Å². The Balaban J connectivity index is 2.51. The van der Waals surface area contributed by atoms with Crippen molar-refractivity contribution in [2.45, 2.75) is 20.4 Å². The van der Waals surface area contributed by atoms with Gasteiger partial charge in [0.1, 0.15) is 5.15 Å². The van der Waals surface area contributed by atoms with Gasteiger partial charge in [0.2, 0.25) is 0 Å². The lowest BCUT2D eigenvalue weighted by Crippen LogP contribution is -2.37. The number of H-pyrrole nitrogens is 1. The van der Waals surface area contributed by atoms with Gasteiger partial charge < -0.3 is 4.74 Å². The maximum Gasteiger partial charge on any atom is 0.329 e. The molecule has 1 heterocycles. The lowest BCUT2D eigenvalue weighted by atomic mass is 10.1. The largest absolute Gasteiger partial charge is 0.380 e. The fourth-order valence-corrected chi connectivity index (χ4v) is 2.29. The summed E-state index contributed by atoms with van der Waals surface area (Å²) >= 11 is 6.04. The first-order chi connectivity index (χ1) is 10.0. The van der Waals surface area contributed by atoms with Crippen molar-refractivity contribution >= 4 is 11.6 Å². The van der Waals surface area contributed by atoms with Gasteiger partial charge in [0, 0.05) is 6.61 Å². The zero-order valence-electron chi connectivity index (χ0n) is 12.0. The quantitative estimate of drug-likeness (QED) is 0.680. The Labute approximate surface area is 127 Å². The van der Waals surface area contributed by atoms with Crippen LogP contribution in [0.2, 0.25) is 5.15 Å². The molecule has 0 unspecified atom stereocenters. The third-order valence-electron chi connectivity index (χ3n) is 3.14. The van der Waals surface area contributed by atoms with Crippen LogP contribution in [0.15, 0.2) is 33.9 Å². The van der Waals surface area contributed by atoms with E-state index in [0.29, 0.717) is 24.3 Å². The number of aryl methyl sites for hydroxylation is 1. The molecule has 0 amide bonds. The van der Waals surface area contributed by atoms with Gasteiger partial charge in [0.25, 0.3) is 5.56 Å². The number of nitrogens with one attached hydrogen (secondary N) is 1. The van der Waals surface area contributed by atoms with Gasteiger partial charge in [-0.3, -0.25) is 14.3 Å². The lowest BCUT2D eigenvalue weighted by Gasteiger charge is -2.09. The maximum absolute atomic E-state index is 12.5. The summed E-state index contributed by atoms with van der Waals surface area (Å²) in [6.45, 7) is 4.84. The molecule has 1 aromatic heterocycles. The summed E-state index contributed by atoms with van der Waals surface area (Å²) in [5.41, 5.74) is 1.12. The predicted molar refractivity (Wildman–Crippen MR) is 83.0 cm³/mol. The monoisotopic (exact) mass is 308 g/mol. The van der Waals surface area contributed by atoms with Crippen LogP contribution in [-0.2, 0) is 11.3 Å². The molecule has 0 atom stereocenters. The van der Waals surface area contributed by atoms with Crippen molar-refractivity contribution in [3.05, 3.63) is 55.8 Å². The number of aromatic amines is 1. The molecule has 0 radical (unpaired) electrons. The zero-order chi connectivity index (χ0) is 15.4. The molecular formula is C15H17ClN2O3. The minimum Gasteiger partial charge on any atom is -0.380 e. The molecule has 0 saturated carbocycles. The maximum atomic E-state index is 12.5. The second-order valence-corrected chi connectivity index (χ2v) is 5.02. The van der Waals surface area contributed by atoms with Crippen LogP contribution in [-0.4, -0.2) is 22.8 Å². The number of ether oxygens (including phenoxy) is 1. The van der Waals surface area contributed by atoms with E-state index in [-0.39, 0.29) is 11.7 Å². The SMILES string of the molecule is CCOCCn1c(=O)[nH]c(Cl)c(-c2ccc(C)cc2)c1=O. The summed E-state index contributed by atoms with van der Waals surface area (Å²) in [6.07, 6.45) is 0. The molecule has 0 aliphatic carbocycles. The van der Waals surface area contributed by atoms with Crippen LogP contribution < -0.4 is 11.2 Å². The summed E-state index contributed by atoms with van der Waals surface area (Å²) in [5, 5.41) is 0.0570. The molecule has 0 saturated heterocycles. The molecule has 0 aliphatic heterocycles. The molecule has 112 valence electrons. The van der Waals surface area contributed by atoms with E-state index in [1.165, 1.54) is 0 Å². The molecule has 2 rings (SSSR count). The van der Waals surface area contributed by atoms with Gasteiger partial charge in [-0.15, -0.1) is 0 Å². The van der Waals surface area contributed by atoms with Crippen LogP contribution in [0.25, 0.3) is 11.1 Å². The van der Waals surface area contributed by atoms with E-state index in [2.05, 4.69) is 4.98 Å². The van der Waals surface area contributed by atoms with E-state index >= 15 is 0 Å². The van der Waals surface area contributed by atoms with Crippen molar-refractivity contribution in [2.24, 2.45) is 0 Å². The van der Waals surface area contributed by atoms with Crippen molar-refractivity contribution in [1.29, 1.82) is 0 Å². The van der Waals surface area contributed by atoms with Crippen LogP contribution in [0.5, 0.6) is 0 Å². The number of benzene rings is 1. The van der Waals surface area contributed by atoms with Gasteiger partial charge in [0.15, 0.2) is 0 Å². The summed E-state index contributed by atoms with van der Waals surface area (Å²) in [5.74, 6) is 0.